The second kappa shape index (κ2) is 8.53. The van der Waals surface area contributed by atoms with Crippen molar-refractivity contribution in [3.63, 3.8) is 0 Å². The van der Waals surface area contributed by atoms with E-state index in [1.165, 1.54) is 0 Å². The summed E-state index contributed by atoms with van der Waals surface area (Å²) < 4.78 is 11.2. The molecule has 0 spiro atoms. The van der Waals surface area contributed by atoms with Crippen molar-refractivity contribution < 1.29 is 29.0 Å². The number of aromatic hydroxyl groups is 1. The third kappa shape index (κ3) is 3.46. The first kappa shape index (κ1) is 26.8. The zero-order valence-corrected chi connectivity index (χ0v) is 24.5. The van der Waals surface area contributed by atoms with Gasteiger partial charge in [0.15, 0.2) is 17.3 Å². The zero-order chi connectivity index (χ0) is 29.8. The minimum absolute atomic E-state index is 0.0673. The Bertz CT molecular complexity index is 1880. The van der Waals surface area contributed by atoms with Gasteiger partial charge in [-0.2, -0.15) is 0 Å². The standard InChI is InChI=1S/C35H32O6/c1-16-9-20-18(12-28(16)40-7)19-11-23(32(38)34(3,4)24(19)14-26(20)36)31-30-22-13-29(41-8)17(2)10-21(22)27(37)15-25(30)35(5,6)33(31)39/h9-15,37H,1-8H3/b31-23+. The van der Waals surface area contributed by atoms with E-state index in [1.54, 1.807) is 46.3 Å². The van der Waals surface area contributed by atoms with Gasteiger partial charge in [0.25, 0.3) is 0 Å². The van der Waals surface area contributed by atoms with E-state index in [9.17, 15) is 19.5 Å². The predicted molar refractivity (Wildman–Crippen MR) is 159 cm³/mol. The summed E-state index contributed by atoms with van der Waals surface area (Å²) >= 11 is 0. The maximum Gasteiger partial charge on any atom is 0.186 e. The number of phenols is 1. The molecule has 6 heteroatoms. The van der Waals surface area contributed by atoms with Crippen LogP contribution in [0.5, 0.6) is 17.2 Å². The lowest BCUT2D eigenvalue weighted by molar-refractivity contribution is -0.122. The number of carbonyl (C=O) groups is 3. The molecule has 0 atom stereocenters. The fraction of sp³-hybridized carbons (Fsp3) is 0.286. The van der Waals surface area contributed by atoms with Crippen molar-refractivity contribution in [3.8, 4) is 17.2 Å². The predicted octanol–water partition coefficient (Wildman–Crippen LogP) is 6.61. The molecule has 0 radical (unpaired) electrons. The molecule has 6 rings (SSSR count). The average Bonchev–Trinajstić information content (AvgIpc) is 3.11. The maximum absolute atomic E-state index is 14.3. The SMILES string of the molecule is COc1cc2c(cc1C)C(=O)C=C1C2=C/C(=C2\C(=O)C(C)(C)c3cc(O)c4cc(C)c(OC)cc4c32)C(=O)C1(C)C. The highest BCUT2D eigenvalue weighted by Gasteiger charge is 2.49. The van der Waals surface area contributed by atoms with Gasteiger partial charge in [-0.3, -0.25) is 14.4 Å². The number of benzene rings is 3. The average molecular weight is 549 g/mol. The molecule has 0 saturated heterocycles. The first-order valence-electron chi connectivity index (χ1n) is 13.6. The molecule has 6 nitrogen and oxygen atoms in total. The summed E-state index contributed by atoms with van der Waals surface area (Å²) in [5, 5.41) is 12.3. The molecule has 3 aliphatic rings. The molecule has 41 heavy (non-hydrogen) atoms. The largest absolute Gasteiger partial charge is 0.507 e. The smallest absolute Gasteiger partial charge is 0.186 e. The van der Waals surface area contributed by atoms with Crippen LogP contribution in [0, 0.1) is 19.3 Å². The number of methoxy groups -OCH3 is 2. The first-order valence-corrected chi connectivity index (χ1v) is 13.6. The second-order valence-corrected chi connectivity index (χ2v) is 12.2. The summed E-state index contributed by atoms with van der Waals surface area (Å²) in [6.45, 7) is 11.0. The fourth-order valence-corrected chi connectivity index (χ4v) is 6.62. The van der Waals surface area contributed by atoms with Crippen molar-refractivity contribution in [3.05, 3.63) is 87.0 Å². The topological polar surface area (TPSA) is 89.9 Å². The Morgan fingerprint density at radius 1 is 0.707 bits per heavy atom. The Labute approximate surface area is 239 Å². The minimum atomic E-state index is -1.08. The lowest BCUT2D eigenvalue weighted by atomic mass is 9.64. The van der Waals surface area contributed by atoms with Gasteiger partial charge in [0, 0.05) is 22.1 Å². The number of aryl methyl sites for hydroxylation is 2. The van der Waals surface area contributed by atoms with E-state index in [0.29, 0.717) is 61.2 Å². The van der Waals surface area contributed by atoms with Gasteiger partial charge in [-0.25, -0.2) is 0 Å². The number of carbonyl (C=O) groups excluding carboxylic acids is 3. The molecule has 0 aliphatic heterocycles. The number of hydrogen-bond acceptors (Lipinski definition) is 6. The van der Waals surface area contributed by atoms with Crippen molar-refractivity contribution in [2.24, 2.45) is 5.41 Å². The normalized spacial score (nSPS) is 20.3. The highest BCUT2D eigenvalue weighted by Crippen LogP contribution is 2.54. The van der Waals surface area contributed by atoms with Crippen LogP contribution in [-0.4, -0.2) is 36.7 Å². The third-order valence-electron chi connectivity index (χ3n) is 9.05. The summed E-state index contributed by atoms with van der Waals surface area (Å²) in [4.78, 5) is 41.8. The van der Waals surface area contributed by atoms with Gasteiger partial charge in [-0.1, -0.05) is 0 Å². The molecule has 208 valence electrons. The van der Waals surface area contributed by atoms with Crippen LogP contribution in [0.15, 0.2) is 53.6 Å². The van der Waals surface area contributed by atoms with Crippen LogP contribution in [-0.2, 0) is 15.0 Å². The number of rotatable bonds is 2. The first-order chi connectivity index (χ1) is 19.2. The van der Waals surface area contributed by atoms with E-state index in [1.807, 2.05) is 52.0 Å². The number of allylic oxidation sites excluding steroid dienone is 6. The van der Waals surface area contributed by atoms with Crippen LogP contribution >= 0.6 is 0 Å². The summed E-state index contributed by atoms with van der Waals surface area (Å²) in [6, 6.07) is 8.97. The Morgan fingerprint density at radius 2 is 1.34 bits per heavy atom. The Hall–Kier alpha value is -4.45. The monoisotopic (exact) mass is 548 g/mol. The summed E-state index contributed by atoms with van der Waals surface area (Å²) in [6.07, 6.45) is 3.32. The van der Waals surface area contributed by atoms with Crippen LogP contribution in [0.2, 0.25) is 0 Å². The van der Waals surface area contributed by atoms with E-state index < -0.39 is 10.8 Å². The van der Waals surface area contributed by atoms with Crippen molar-refractivity contribution in [1.82, 2.24) is 0 Å². The number of fused-ring (bicyclic) bond motifs is 6. The van der Waals surface area contributed by atoms with Gasteiger partial charge < -0.3 is 14.6 Å². The van der Waals surface area contributed by atoms with E-state index in [2.05, 4.69) is 0 Å². The molecule has 1 N–H and O–H groups in total. The van der Waals surface area contributed by atoms with Crippen LogP contribution in [0.1, 0.15) is 65.9 Å². The molecule has 0 aromatic heterocycles. The molecule has 3 aromatic rings. The highest BCUT2D eigenvalue weighted by atomic mass is 16.5. The Kier molecular flexibility index (Phi) is 5.56. The Morgan fingerprint density at radius 3 is 2.00 bits per heavy atom. The van der Waals surface area contributed by atoms with Crippen molar-refractivity contribution in [2.75, 3.05) is 14.2 Å². The molecule has 0 amide bonds. The van der Waals surface area contributed by atoms with E-state index in [0.717, 1.165) is 16.7 Å². The second-order valence-electron chi connectivity index (χ2n) is 12.2. The van der Waals surface area contributed by atoms with Crippen LogP contribution < -0.4 is 9.47 Å². The molecule has 3 aliphatic carbocycles. The van der Waals surface area contributed by atoms with E-state index in [-0.39, 0.29) is 23.1 Å². The highest BCUT2D eigenvalue weighted by molar-refractivity contribution is 6.38. The Balaban J connectivity index is 1.76. The number of hydrogen-bond donors (Lipinski definition) is 1. The molecule has 3 aromatic carbocycles. The van der Waals surface area contributed by atoms with Gasteiger partial charge >= 0.3 is 0 Å². The molecule has 0 unspecified atom stereocenters. The van der Waals surface area contributed by atoms with Crippen molar-refractivity contribution >= 4 is 39.3 Å². The number of ketones is 3. The molecular weight excluding hydrogens is 516 g/mol. The van der Waals surface area contributed by atoms with Gasteiger partial charge in [0.2, 0.25) is 0 Å². The van der Waals surface area contributed by atoms with Crippen molar-refractivity contribution in [1.29, 1.82) is 0 Å². The fourth-order valence-electron chi connectivity index (χ4n) is 6.62. The summed E-state index contributed by atoms with van der Waals surface area (Å²) in [5.41, 5.74) is 4.06. The maximum atomic E-state index is 14.3. The van der Waals surface area contributed by atoms with Crippen LogP contribution in [0.4, 0.5) is 0 Å². The summed E-state index contributed by atoms with van der Waals surface area (Å²) in [7, 11) is 3.16. The zero-order valence-electron chi connectivity index (χ0n) is 24.5. The number of phenolic OH excluding ortho intramolecular Hbond substituents is 1. The quantitative estimate of drug-likeness (QED) is 0.363. The number of Topliss-reactive ketones (excluding diaryl/α,β-unsaturated/α-hetero) is 2. The van der Waals surface area contributed by atoms with Crippen LogP contribution in [0.3, 0.4) is 0 Å². The van der Waals surface area contributed by atoms with Gasteiger partial charge in [0.1, 0.15) is 17.2 Å². The molecule has 0 saturated carbocycles. The third-order valence-corrected chi connectivity index (χ3v) is 9.05. The number of ether oxygens (including phenoxy) is 2. The molecule has 0 bridgehead atoms. The molecule has 0 heterocycles. The minimum Gasteiger partial charge on any atom is -0.507 e. The van der Waals surface area contributed by atoms with Gasteiger partial charge in [0.05, 0.1) is 25.0 Å². The molecular formula is C35H32O6. The van der Waals surface area contributed by atoms with E-state index in [4.69, 9.17) is 9.47 Å². The lowest BCUT2D eigenvalue weighted by Gasteiger charge is -2.36. The van der Waals surface area contributed by atoms with Gasteiger partial charge in [-0.05, 0) is 128 Å². The summed E-state index contributed by atoms with van der Waals surface area (Å²) in [5.74, 6) is 0.717. The van der Waals surface area contributed by atoms with Crippen molar-refractivity contribution in [2.45, 2.75) is 47.0 Å². The van der Waals surface area contributed by atoms with Gasteiger partial charge in [-0.15, -0.1) is 0 Å². The lowest BCUT2D eigenvalue weighted by Crippen LogP contribution is -2.35. The van der Waals surface area contributed by atoms with E-state index >= 15 is 0 Å². The van der Waals surface area contributed by atoms with Crippen LogP contribution in [0.25, 0.3) is 21.9 Å². The molecule has 0 fully saturated rings.